The fraction of sp³-hybridized carbons (Fsp3) is 0.312. The van der Waals surface area contributed by atoms with Gasteiger partial charge in [0.15, 0.2) is 0 Å². The van der Waals surface area contributed by atoms with Crippen molar-refractivity contribution in [1.29, 1.82) is 0 Å². The van der Waals surface area contributed by atoms with Crippen LogP contribution < -0.4 is 9.64 Å². The minimum atomic E-state index is -0.728. The first-order valence-electron chi connectivity index (χ1n) is 12.9. The molecule has 6 nitrogen and oxygen atoms in total. The third-order valence-electron chi connectivity index (χ3n) is 7.10. The van der Waals surface area contributed by atoms with Gasteiger partial charge in [-0.25, -0.2) is 0 Å². The highest BCUT2D eigenvalue weighted by molar-refractivity contribution is 6.46. The van der Waals surface area contributed by atoms with Gasteiger partial charge in [-0.1, -0.05) is 56.6 Å². The fourth-order valence-electron chi connectivity index (χ4n) is 4.91. The lowest BCUT2D eigenvalue weighted by Gasteiger charge is -2.26. The van der Waals surface area contributed by atoms with Gasteiger partial charge in [0.1, 0.15) is 11.5 Å². The van der Waals surface area contributed by atoms with Crippen molar-refractivity contribution in [3.05, 3.63) is 99.6 Å². The molecule has 3 aromatic rings. The molecule has 204 valence electrons. The van der Waals surface area contributed by atoms with Gasteiger partial charge in [0.25, 0.3) is 11.7 Å². The first-order valence-corrected chi connectivity index (χ1v) is 13.3. The van der Waals surface area contributed by atoms with E-state index in [9.17, 15) is 14.7 Å². The summed E-state index contributed by atoms with van der Waals surface area (Å²) in [4.78, 5) is 30.4. The number of aliphatic hydroxyl groups is 1. The lowest BCUT2D eigenvalue weighted by molar-refractivity contribution is -0.139. The van der Waals surface area contributed by atoms with Crippen molar-refractivity contribution in [3.8, 4) is 5.75 Å². The van der Waals surface area contributed by atoms with Gasteiger partial charge < -0.3 is 19.6 Å². The highest BCUT2D eigenvalue weighted by Gasteiger charge is 2.46. The van der Waals surface area contributed by atoms with Gasteiger partial charge in [-0.15, -0.1) is 0 Å². The topological polar surface area (TPSA) is 70.1 Å². The van der Waals surface area contributed by atoms with Crippen molar-refractivity contribution in [2.75, 3.05) is 32.6 Å². The molecule has 4 rings (SSSR count). The van der Waals surface area contributed by atoms with Crippen LogP contribution in [0.1, 0.15) is 49.1 Å². The number of ether oxygens (including phenoxy) is 1. The van der Waals surface area contributed by atoms with E-state index in [2.05, 4.69) is 20.8 Å². The Kier molecular flexibility index (Phi) is 8.07. The lowest BCUT2D eigenvalue weighted by Crippen LogP contribution is -2.31. The molecule has 1 heterocycles. The Bertz CT molecular complexity index is 1400. The molecule has 0 bridgehead atoms. The van der Waals surface area contributed by atoms with E-state index in [1.54, 1.807) is 36.3 Å². The quantitative estimate of drug-likeness (QED) is 0.212. The van der Waals surface area contributed by atoms with Crippen LogP contribution in [-0.2, 0) is 21.4 Å². The number of rotatable bonds is 7. The number of carbonyl (C=O) groups is 2. The normalized spacial score (nSPS) is 17.0. The van der Waals surface area contributed by atoms with Crippen LogP contribution in [0, 0.1) is 0 Å². The molecule has 7 heteroatoms. The summed E-state index contributed by atoms with van der Waals surface area (Å²) in [7, 11) is 5.50. The van der Waals surface area contributed by atoms with Crippen LogP contribution in [0.5, 0.6) is 5.75 Å². The zero-order valence-electron chi connectivity index (χ0n) is 23.3. The molecule has 1 saturated heterocycles. The van der Waals surface area contributed by atoms with E-state index in [-0.39, 0.29) is 16.7 Å². The Morgan fingerprint density at radius 2 is 1.64 bits per heavy atom. The molecule has 0 aliphatic carbocycles. The Morgan fingerprint density at radius 3 is 2.21 bits per heavy atom. The summed E-state index contributed by atoms with van der Waals surface area (Å²) in [6.45, 7) is 6.46. The molecule has 1 fully saturated rings. The predicted molar refractivity (Wildman–Crippen MR) is 157 cm³/mol. The van der Waals surface area contributed by atoms with Crippen LogP contribution in [0.15, 0.2) is 72.3 Å². The summed E-state index contributed by atoms with van der Waals surface area (Å²) < 4.78 is 5.55. The van der Waals surface area contributed by atoms with Crippen LogP contribution in [0.3, 0.4) is 0 Å². The minimum Gasteiger partial charge on any atom is -0.507 e. The number of hydrogen-bond acceptors (Lipinski definition) is 5. The molecule has 0 saturated carbocycles. The van der Waals surface area contributed by atoms with Gasteiger partial charge in [0, 0.05) is 42.5 Å². The molecule has 0 spiro atoms. The largest absolute Gasteiger partial charge is 0.507 e. The Morgan fingerprint density at radius 1 is 1.00 bits per heavy atom. The summed E-state index contributed by atoms with van der Waals surface area (Å²) in [5.41, 5.74) is 3.90. The summed E-state index contributed by atoms with van der Waals surface area (Å²) >= 11 is 6.04. The minimum absolute atomic E-state index is 0.0822. The Labute approximate surface area is 235 Å². The molecule has 1 amide bonds. The number of benzene rings is 3. The van der Waals surface area contributed by atoms with Gasteiger partial charge in [0.05, 0.1) is 18.7 Å². The monoisotopic (exact) mass is 546 g/mol. The van der Waals surface area contributed by atoms with Gasteiger partial charge >= 0.3 is 0 Å². The van der Waals surface area contributed by atoms with E-state index in [1.807, 2.05) is 61.5 Å². The van der Waals surface area contributed by atoms with Crippen molar-refractivity contribution in [1.82, 2.24) is 4.90 Å². The van der Waals surface area contributed by atoms with E-state index in [0.29, 0.717) is 29.3 Å². The number of likely N-dealkylation sites (tertiary alicyclic amines) is 1. The average Bonchev–Trinajstić information content (AvgIpc) is 3.16. The average molecular weight is 547 g/mol. The fourth-order valence-corrected chi connectivity index (χ4v) is 5.04. The van der Waals surface area contributed by atoms with E-state index >= 15 is 0 Å². The summed E-state index contributed by atoms with van der Waals surface area (Å²) in [6, 6.07) is 19.7. The Hall–Kier alpha value is -3.77. The number of methoxy groups -OCH3 is 1. The molecule has 3 aromatic carbocycles. The van der Waals surface area contributed by atoms with Crippen molar-refractivity contribution in [2.45, 2.75) is 38.6 Å². The number of anilines is 1. The van der Waals surface area contributed by atoms with Crippen molar-refractivity contribution >= 4 is 34.7 Å². The van der Waals surface area contributed by atoms with E-state index < -0.39 is 17.7 Å². The number of carbonyl (C=O) groups excluding carboxylic acids is 2. The second-order valence-corrected chi connectivity index (χ2v) is 11.5. The molecule has 1 aliphatic heterocycles. The van der Waals surface area contributed by atoms with Crippen LogP contribution in [0.25, 0.3) is 5.76 Å². The highest BCUT2D eigenvalue weighted by Crippen LogP contribution is 2.41. The third kappa shape index (κ3) is 5.81. The van der Waals surface area contributed by atoms with E-state index in [4.69, 9.17) is 16.3 Å². The Balaban J connectivity index is 1.82. The van der Waals surface area contributed by atoms with Crippen LogP contribution >= 0.6 is 11.6 Å². The summed E-state index contributed by atoms with van der Waals surface area (Å²) in [5, 5.41) is 12.2. The lowest BCUT2D eigenvalue weighted by atomic mass is 9.84. The number of amides is 1. The molecule has 1 N–H and O–H groups in total. The molecule has 39 heavy (non-hydrogen) atoms. The standard InChI is InChI=1S/C32H35ClN2O4/c1-32(2,3)25-19-22(11-16-26(25)39-6)29(36)27-28(21-9-14-24(15-10-21)34(4)5)35(31(38)30(27)37)18-17-20-7-12-23(33)13-8-20/h7-16,19,28,36H,17-18H2,1-6H3/b29-27-. The number of Topliss-reactive ketones (excluding diaryl/α,β-unsaturated/α-hetero) is 1. The smallest absolute Gasteiger partial charge is 0.295 e. The van der Waals surface area contributed by atoms with E-state index in [1.165, 1.54) is 0 Å². The highest BCUT2D eigenvalue weighted by atomic mass is 35.5. The van der Waals surface area contributed by atoms with Gasteiger partial charge in [0.2, 0.25) is 0 Å². The number of nitrogens with zero attached hydrogens (tertiary/aromatic N) is 2. The molecule has 1 aliphatic rings. The van der Waals surface area contributed by atoms with Crippen LogP contribution in [0.2, 0.25) is 5.02 Å². The molecular weight excluding hydrogens is 512 g/mol. The van der Waals surface area contributed by atoms with Gasteiger partial charge in [-0.05, 0) is 65.4 Å². The number of halogens is 1. The SMILES string of the molecule is COc1ccc(/C(O)=C2/C(=O)C(=O)N(CCc3ccc(Cl)cc3)C2c2ccc(N(C)C)cc2)cc1C(C)(C)C. The second kappa shape index (κ2) is 11.1. The van der Waals surface area contributed by atoms with Crippen LogP contribution in [-0.4, -0.2) is 49.4 Å². The molecular formula is C32H35ClN2O4. The van der Waals surface area contributed by atoms with Crippen molar-refractivity contribution in [3.63, 3.8) is 0 Å². The first kappa shape index (κ1) is 28.2. The molecule has 1 unspecified atom stereocenters. The zero-order valence-corrected chi connectivity index (χ0v) is 24.0. The maximum atomic E-state index is 13.5. The summed E-state index contributed by atoms with van der Waals surface area (Å²) in [6.07, 6.45) is 0.535. The number of aliphatic hydroxyl groups excluding tert-OH is 1. The number of hydrogen-bond donors (Lipinski definition) is 1. The van der Waals surface area contributed by atoms with Gasteiger partial charge in [-0.2, -0.15) is 0 Å². The third-order valence-corrected chi connectivity index (χ3v) is 7.35. The van der Waals surface area contributed by atoms with Crippen molar-refractivity contribution in [2.24, 2.45) is 0 Å². The number of ketones is 1. The molecule has 0 aromatic heterocycles. The predicted octanol–water partition coefficient (Wildman–Crippen LogP) is 6.38. The first-order chi connectivity index (χ1) is 18.4. The molecule has 1 atom stereocenters. The maximum Gasteiger partial charge on any atom is 0.295 e. The van der Waals surface area contributed by atoms with Crippen molar-refractivity contribution < 1.29 is 19.4 Å². The zero-order chi connectivity index (χ0) is 28.5. The van der Waals surface area contributed by atoms with Crippen LogP contribution in [0.4, 0.5) is 5.69 Å². The second-order valence-electron chi connectivity index (χ2n) is 11.0. The van der Waals surface area contributed by atoms with E-state index in [0.717, 1.165) is 22.4 Å². The maximum absolute atomic E-state index is 13.5. The summed E-state index contributed by atoms with van der Waals surface area (Å²) in [5.74, 6) is -0.828. The van der Waals surface area contributed by atoms with Gasteiger partial charge in [-0.3, -0.25) is 9.59 Å². The molecule has 0 radical (unpaired) electrons.